The average Bonchev–Trinajstić information content (AvgIpc) is 2.44. The SMILES string of the molecule is CC(C)CC(CO)NC(=O)c1ccccc1SCC#N. The van der Waals surface area contributed by atoms with E-state index in [1.807, 2.05) is 26.0 Å². The number of carbonyl (C=O) groups is 1. The van der Waals surface area contributed by atoms with Crippen molar-refractivity contribution in [3.63, 3.8) is 0 Å². The summed E-state index contributed by atoms with van der Waals surface area (Å²) in [6.45, 7) is 4.02. The minimum atomic E-state index is -0.239. The molecule has 0 aliphatic carbocycles. The molecule has 0 radical (unpaired) electrons. The van der Waals surface area contributed by atoms with Crippen molar-refractivity contribution in [3.05, 3.63) is 29.8 Å². The molecule has 2 N–H and O–H groups in total. The van der Waals surface area contributed by atoms with Crippen LogP contribution in [-0.2, 0) is 0 Å². The molecule has 0 spiro atoms. The van der Waals surface area contributed by atoms with Gasteiger partial charge in [0.1, 0.15) is 0 Å². The first kappa shape index (κ1) is 16.5. The lowest BCUT2D eigenvalue weighted by atomic mass is 10.0. The van der Waals surface area contributed by atoms with Crippen LogP contribution in [-0.4, -0.2) is 29.4 Å². The highest BCUT2D eigenvalue weighted by molar-refractivity contribution is 7.99. The van der Waals surface area contributed by atoms with E-state index in [-0.39, 0.29) is 18.6 Å². The topological polar surface area (TPSA) is 73.1 Å². The van der Waals surface area contributed by atoms with Crippen molar-refractivity contribution in [1.29, 1.82) is 5.26 Å². The van der Waals surface area contributed by atoms with Crippen molar-refractivity contribution in [2.45, 2.75) is 31.2 Å². The summed E-state index contributed by atoms with van der Waals surface area (Å²) in [5, 5.41) is 20.8. The number of rotatable bonds is 7. The van der Waals surface area contributed by atoms with Crippen LogP contribution < -0.4 is 5.32 Å². The van der Waals surface area contributed by atoms with Crippen molar-refractivity contribution in [1.82, 2.24) is 5.32 Å². The highest BCUT2D eigenvalue weighted by Gasteiger charge is 2.16. The third-order valence-electron chi connectivity index (χ3n) is 2.74. The summed E-state index contributed by atoms with van der Waals surface area (Å²) in [5.41, 5.74) is 0.551. The first-order valence-corrected chi connectivity index (χ1v) is 7.57. The van der Waals surface area contributed by atoms with E-state index in [4.69, 9.17) is 5.26 Å². The molecule has 1 aromatic carbocycles. The average molecular weight is 292 g/mol. The summed E-state index contributed by atoms with van der Waals surface area (Å²) in [6, 6.07) is 9.01. The second-order valence-electron chi connectivity index (χ2n) is 4.93. The Bertz CT molecular complexity index is 483. The van der Waals surface area contributed by atoms with Crippen LogP contribution in [0.4, 0.5) is 0 Å². The molecule has 0 saturated heterocycles. The quantitative estimate of drug-likeness (QED) is 0.757. The number of aliphatic hydroxyl groups is 1. The first-order chi connectivity index (χ1) is 9.58. The summed E-state index contributed by atoms with van der Waals surface area (Å²) in [5.74, 6) is 0.501. The van der Waals surface area contributed by atoms with E-state index in [9.17, 15) is 9.90 Å². The highest BCUT2D eigenvalue weighted by Crippen LogP contribution is 2.22. The summed E-state index contributed by atoms with van der Waals surface area (Å²) in [6.07, 6.45) is 0.732. The van der Waals surface area contributed by atoms with Gasteiger partial charge in [0.05, 0.1) is 30.0 Å². The van der Waals surface area contributed by atoms with Crippen LogP contribution in [0.1, 0.15) is 30.6 Å². The Balaban J connectivity index is 2.78. The smallest absolute Gasteiger partial charge is 0.252 e. The van der Waals surface area contributed by atoms with Crippen molar-refractivity contribution in [2.75, 3.05) is 12.4 Å². The lowest BCUT2D eigenvalue weighted by Gasteiger charge is -2.19. The minimum absolute atomic E-state index is 0.0720. The fourth-order valence-corrected chi connectivity index (χ4v) is 2.61. The number of nitriles is 1. The lowest BCUT2D eigenvalue weighted by Crippen LogP contribution is -2.38. The Morgan fingerprint density at radius 3 is 2.75 bits per heavy atom. The molecule has 1 amide bonds. The maximum Gasteiger partial charge on any atom is 0.252 e. The van der Waals surface area contributed by atoms with Gasteiger partial charge in [-0.05, 0) is 24.5 Å². The monoisotopic (exact) mass is 292 g/mol. The van der Waals surface area contributed by atoms with Crippen LogP contribution in [0.25, 0.3) is 0 Å². The van der Waals surface area contributed by atoms with Gasteiger partial charge in [-0.15, -0.1) is 11.8 Å². The van der Waals surface area contributed by atoms with Crippen LogP contribution >= 0.6 is 11.8 Å². The normalized spacial score (nSPS) is 11.9. The number of benzene rings is 1. The fourth-order valence-electron chi connectivity index (χ4n) is 1.90. The number of nitrogens with zero attached hydrogens (tertiary/aromatic N) is 1. The van der Waals surface area contributed by atoms with Crippen LogP contribution in [0.5, 0.6) is 0 Å². The molecule has 0 bridgehead atoms. The molecule has 0 fully saturated rings. The molecule has 0 aliphatic rings. The van der Waals surface area contributed by atoms with E-state index in [0.717, 1.165) is 11.3 Å². The standard InChI is InChI=1S/C15H20N2O2S/c1-11(2)9-12(10-18)17-15(19)13-5-3-4-6-14(13)20-8-7-16/h3-6,11-12,18H,8-10H2,1-2H3,(H,17,19). The van der Waals surface area contributed by atoms with Gasteiger partial charge in [0.15, 0.2) is 0 Å². The molecule has 20 heavy (non-hydrogen) atoms. The Morgan fingerprint density at radius 1 is 1.45 bits per heavy atom. The first-order valence-electron chi connectivity index (χ1n) is 6.59. The Kier molecular flexibility index (Phi) is 7.13. The molecule has 0 aliphatic heterocycles. The molecule has 5 heteroatoms. The van der Waals surface area contributed by atoms with Gasteiger partial charge >= 0.3 is 0 Å². The third-order valence-corrected chi connectivity index (χ3v) is 3.68. The van der Waals surface area contributed by atoms with Gasteiger partial charge in [0.2, 0.25) is 0 Å². The van der Waals surface area contributed by atoms with E-state index in [0.29, 0.717) is 17.2 Å². The van der Waals surface area contributed by atoms with Crippen molar-refractivity contribution < 1.29 is 9.90 Å². The Labute approximate surface area is 124 Å². The molecule has 1 atom stereocenters. The van der Waals surface area contributed by atoms with Crippen LogP contribution in [0, 0.1) is 17.2 Å². The second kappa shape index (κ2) is 8.62. The number of amides is 1. The summed E-state index contributed by atoms with van der Waals surface area (Å²) < 4.78 is 0. The zero-order chi connectivity index (χ0) is 15.0. The molecule has 4 nitrogen and oxygen atoms in total. The zero-order valence-corrected chi connectivity index (χ0v) is 12.6. The Morgan fingerprint density at radius 2 is 2.15 bits per heavy atom. The van der Waals surface area contributed by atoms with E-state index >= 15 is 0 Å². The van der Waals surface area contributed by atoms with Crippen LogP contribution in [0.15, 0.2) is 29.2 Å². The van der Waals surface area contributed by atoms with Crippen LogP contribution in [0.3, 0.4) is 0 Å². The van der Waals surface area contributed by atoms with Gasteiger partial charge in [0, 0.05) is 4.90 Å². The van der Waals surface area contributed by atoms with E-state index in [1.165, 1.54) is 11.8 Å². The van der Waals surface area contributed by atoms with Gasteiger partial charge in [-0.3, -0.25) is 4.79 Å². The van der Waals surface area contributed by atoms with Crippen LogP contribution in [0.2, 0.25) is 0 Å². The number of hydrogen-bond donors (Lipinski definition) is 2. The number of hydrogen-bond acceptors (Lipinski definition) is 4. The zero-order valence-electron chi connectivity index (χ0n) is 11.8. The molecular formula is C15H20N2O2S. The third kappa shape index (κ3) is 5.24. The van der Waals surface area contributed by atoms with Gasteiger partial charge in [-0.2, -0.15) is 5.26 Å². The van der Waals surface area contributed by atoms with E-state index < -0.39 is 0 Å². The van der Waals surface area contributed by atoms with E-state index in [2.05, 4.69) is 11.4 Å². The molecule has 0 saturated carbocycles. The van der Waals surface area contributed by atoms with Crippen molar-refractivity contribution >= 4 is 17.7 Å². The summed E-state index contributed by atoms with van der Waals surface area (Å²) >= 11 is 1.34. The number of aliphatic hydroxyl groups excluding tert-OH is 1. The minimum Gasteiger partial charge on any atom is -0.394 e. The summed E-state index contributed by atoms with van der Waals surface area (Å²) in [4.78, 5) is 13.0. The molecule has 0 heterocycles. The summed E-state index contributed by atoms with van der Waals surface area (Å²) in [7, 11) is 0. The maximum absolute atomic E-state index is 12.3. The molecule has 1 rings (SSSR count). The van der Waals surface area contributed by atoms with Crippen molar-refractivity contribution in [3.8, 4) is 6.07 Å². The van der Waals surface area contributed by atoms with E-state index in [1.54, 1.807) is 12.1 Å². The van der Waals surface area contributed by atoms with Gasteiger partial charge in [0.25, 0.3) is 5.91 Å². The number of thioether (sulfide) groups is 1. The molecule has 1 unspecified atom stereocenters. The molecule has 108 valence electrons. The van der Waals surface area contributed by atoms with Gasteiger partial charge < -0.3 is 10.4 Å². The molecule has 1 aromatic rings. The molecular weight excluding hydrogens is 272 g/mol. The highest BCUT2D eigenvalue weighted by atomic mass is 32.2. The molecule has 0 aromatic heterocycles. The van der Waals surface area contributed by atoms with Gasteiger partial charge in [-0.25, -0.2) is 0 Å². The number of nitrogens with one attached hydrogen (secondary N) is 1. The second-order valence-corrected chi connectivity index (χ2v) is 5.94. The van der Waals surface area contributed by atoms with Gasteiger partial charge in [-0.1, -0.05) is 26.0 Å². The number of carbonyl (C=O) groups excluding carboxylic acids is 1. The van der Waals surface area contributed by atoms with Crippen molar-refractivity contribution in [2.24, 2.45) is 5.92 Å². The fraction of sp³-hybridized carbons (Fsp3) is 0.467. The maximum atomic E-state index is 12.3. The Hall–Kier alpha value is -1.51. The predicted molar refractivity (Wildman–Crippen MR) is 80.6 cm³/mol. The lowest BCUT2D eigenvalue weighted by molar-refractivity contribution is 0.0905. The largest absolute Gasteiger partial charge is 0.394 e. The predicted octanol–water partition coefficient (Wildman–Crippen LogP) is 2.44.